The van der Waals surface area contributed by atoms with Crippen LogP contribution in [0.25, 0.3) is 0 Å². The highest BCUT2D eigenvalue weighted by Crippen LogP contribution is 2.40. The second kappa shape index (κ2) is 6.75. The van der Waals surface area contributed by atoms with Gasteiger partial charge in [0.1, 0.15) is 5.60 Å². The van der Waals surface area contributed by atoms with Gasteiger partial charge in [-0.25, -0.2) is 4.79 Å². The fraction of sp³-hybridized carbons (Fsp3) is 0.571. The number of carbonyl (C=O) groups is 2. The molecular weight excluding hydrogens is 328 g/mol. The molecule has 2 atom stereocenters. The lowest BCUT2D eigenvalue weighted by Crippen LogP contribution is -2.49. The molecule has 2 aliphatic heterocycles. The highest BCUT2D eigenvalue weighted by Gasteiger charge is 2.46. The number of carbonyl (C=O) groups excluding carboxylic acids is 2. The predicted molar refractivity (Wildman–Crippen MR) is 97.8 cm³/mol. The molecular formula is C21H26N2O3. The minimum Gasteiger partial charge on any atom is -0.444 e. The summed E-state index contributed by atoms with van der Waals surface area (Å²) < 4.78 is 5.55. The molecule has 2 aliphatic rings. The number of aryl methyl sites for hydroxylation is 1. The number of nitrogens with zero attached hydrogens (tertiary/aromatic N) is 2. The Balaban J connectivity index is 1.74. The van der Waals surface area contributed by atoms with Crippen molar-refractivity contribution in [1.82, 2.24) is 4.90 Å². The van der Waals surface area contributed by atoms with Crippen LogP contribution in [0, 0.1) is 24.2 Å². The van der Waals surface area contributed by atoms with Gasteiger partial charge in [0.25, 0.3) is 0 Å². The van der Waals surface area contributed by atoms with Crippen molar-refractivity contribution in [2.24, 2.45) is 5.92 Å². The number of nitriles is 1. The fourth-order valence-corrected chi connectivity index (χ4v) is 4.23. The monoisotopic (exact) mass is 354 g/mol. The number of fused-ring (bicyclic) bond motifs is 2. The van der Waals surface area contributed by atoms with Crippen LogP contribution in [0.4, 0.5) is 4.79 Å². The van der Waals surface area contributed by atoms with Crippen LogP contribution in [-0.2, 0) is 4.74 Å². The minimum atomic E-state index is -0.511. The molecule has 26 heavy (non-hydrogen) atoms. The lowest BCUT2D eigenvalue weighted by Gasteiger charge is -2.39. The van der Waals surface area contributed by atoms with Crippen LogP contribution in [-0.4, -0.2) is 34.5 Å². The topological polar surface area (TPSA) is 70.4 Å². The molecule has 2 heterocycles. The Bertz CT molecular complexity index is 758. The van der Waals surface area contributed by atoms with Crippen LogP contribution in [0.3, 0.4) is 0 Å². The lowest BCUT2D eigenvalue weighted by molar-refractivity contribution is 0.00253. The zero-order valence-corrected chi connectivity index (χ0v) is 15.9. The molecule has 0 aliphatic carbocycles. The maximum atomic E-state index is 13.0. The summed E-state index contributed by atoms with van der Waals surface area (Å²) in [5.74, 6) is 0.0607. The van der Waals surface area contributed by atoms with E-state index in [2.05, 4.69) is 6.07 Å². The Kier molecular flexibility index (Phi) is 4.79. The minimum absolute atomic E-state index is 0.0715. The number of hydrogen-bond donors (Lipinski definition) is 0. The summed E-state index contributed by atoms with van der Waals surface area (Å²) in [7, 11) is 0. The Morgan fingerprint density at radius 3 is 2.31 bits per heavy atom. The van der Waals surface area contributed by atoms with Crippen molar-refractivity contribution in [3.05, 3.63) is 34.9 Å². The largest absolute Gasteiger partial charge is 0.444 e. The van der Waals surface area contributed by atoms with E-state index in [0.717, 1.165) is 18.4 Å². The van der Waals surface area contributed by atoms with Crippen molar-refractivity contribution in [1.29, 1.82) is 5.26 Å². The summed E-state index contributed by atoms with van der Waals surface area (Å²) in [5.41, 5.74) is 1.59. The van der Waals surface area contributed by atoms with E-state index in [9.17, 15) is 9.59 Å². The molecule has 0 saturated carbocycles. The zero-order valence-electron chi connectivity index (χ0n) is 15.9. The first-order valence-corrected chi connectivity index (χ1v) is 9.26. The summed E-state index contributed by atoms with van der Waals surface area (Å²) >= 11 is 0. The maximum absolute atomic E-state index is 13.0. The zero-order chi connectivity index (χ0) is 19.1. The van der Waals surface area contributed by atoms with E-state index in [1.807, 2.05) is 32.6 Å². The second-order valence-electron chi connectivity index (χ2n) is 8.45. The summed E-state index contributed by atoms with van der Waals surface area (Å²) in [5, 5.41) is 9.00. The molecule has 2 unspecified atom stereocenters. The van der Waals surface area contributed by atoms with Gasteiger partial charge in [0, 0.05) is 23.6 Å². The van der Waals surface area contributed by atoms with Crippen molar-refractivity contribution >= 4 is 11.9 Å². The van der Waals surface area contributed by atoms with Gasteiger partial charge in [0.05, 0.1) is 11.6 Å². The van der Waals surface area contributed by atoms with Gasteiger partial charge >= 0.3 is 6.09 Å². The molecule has 3 rings (SSSR count). The van der Waals surface area contributed by atoms with Gasteiger partial charge in [-0.05, 0) is 77.1 Å². The number of ether oxygens (including phenoxy) is 1. The molecule has 1 aromatic rings. The van der Waals surface area contributed by atoms with Gasteiger partial charge in [0.15, 0.2) is 5.78 Å². The van der Waals surface area contributed by atoms with E-state index in [4.69, 9.17) is 10.00 Å². The van der Waals surface area contributed by atoms with Crippen LogP contribution in [0.1, 0.15) is 67.9 Å². The van der Waals surface area contributed by atoms with Crippen molar-refractivity contribution in [2.75, 3.05) is 0 Å². The third kappa shape index (κ3) is 3.60. The first-order valence-electron chi connectivity index (χ1n) is 9.26. The van der Waals surface area contributed by atoms with E-state index in [1.54, 1.807) is 18.2 Å². The first-order chi connectivity index (χ1) is 12.2. The average molecular weight is 354 g/mol. The van der Waals surface area contributed by atoms with Gasteiger partial charge in [-0.1, -0.05) is 0 Å². The molecule has 1 amide bonds. The summed E-state index contributed by atoms with van der Waals surface area (Å²) in [4.78, 5) is 27.4. The van der Waals surface area contributed by atoms with Crippen molar-refractivity contribution in [2.45, 2.75) is 71.1 Å². The molecule has 2 bridgehead atoms. The molecule has 138 valence electrons. The molecule has 2 fully saturated rings. The molecule has 0 radical (unpaired) electrons. The molecule has 0 aromatic heterocycles. The SMILES string of the molecule is Cc1cc(C#N)ccc1C(=O)C1CC2CCC(C1)N2C(=O)OC(C)(C)C. The Hall–Kier alpha value is -2.35. The van der Waals surface area contributed by atoms with Crippen LogP contribution in [0.15, 0.2) is 18.2 Å². The molecule has 2 saturated heterocycles. The van der Waals surface area contributed by atoms with Crippen LogP contribution in [0.2, 0.25) is 0 Å². The van der Waals surface area contributed by atoms with Crippen molar-refractivity contribution in [3.63, 3.8) is 0 Å². The third-order valence-corrected chi connectivity index (χ3v) is 5.33. The van der Waals surface area contributed by atoms with Crippen molar-refractivity contribution in [3.8, 4) is 6.07 Å². The number of amides is 1. The fourth-order valence-electron chi connectivity index (χ4n) is 4.23. The normalized spacial score (nSPS) is 24.9. The number of piperidine rings is 1. The molecule has 0 spiro atoms. The number of Topliss-reactive ketones (excluding diaryl/α,β-unsaturated/α-hetero) is 1. The maximum Gasteiger partial charge on any atom is 0.410 e. The number of ketones is 1. The number of hydrogen-bond acceptors (Lipinski definition) is 4. The van der Waals surface area contributed by atoms with Crippen LogP contribution < -0.4 is 0 Å². The van der Waals surface area contributed by atoms with E-state index in [-0.39, 0.29) is 29.9 Å². The lowest BCUT2D eigenvalue weighted by atomic mass is 9.83. The third-order valence-electron chi connectivity index (χ3n) is 5.33. The van der Waals surface area contributed by atoms with Crippen molar-refractivity contribution < 1.29 is 14.3 Å². The molecule has 1 aromatic carbocycles. The average Bonchev–Trinajstić information content (AvgIpc) is 2.83. The van der Waals surface area contributed by atoms with Gasteiger partial charge in [-0.3, -0.25) is 4.79 Å². The number of rotatable bonds is 2. The van der Waals surface area contributed by atoms with Gasteiger partial charge in [-0.15, -0.1) is 0 Å². The first kappa shape index (κ1) is 18.4. The summed E-state index contributed by atoms with van der Waals surface area (Å²) in [6.07, 6.45) is 2.98. The molecule has 5 nitrogen and oxygen atoms in total. The predicted octanol–water partition coefficient (Wildman–Crippen LogP) is 4.23. The van der Waals surface area contributed by atoms with Crippen LogP contribution >= 0.6 is 0 Å². The van der Waals surface area contributed by atoms with Gasteiger partial charge in [-0.2, -0.15) is 5.26 Å². The van der Waals surface area contributed by atoms with Gasteiger partial charge < -0.3 is 9.64 Å². The van der Waals surface area contributed by atoms with Crippen LogP contribution in [0.5, 0.6) is 0 Å². The molecule has 5 heteroatoms. The Morgan fingerprint density at radius 2 is 1.81 bits per heavy atom. The van der Waals surface area contributed by atoms with E-state index in [0.29, 0.717) is 24.0 Å². The summed E-state index contributed by atoms with van der Waals surface area (Å²) in [6, 6.07) is 7.49. The number of benzene rings is 1. The Labute approximate surface area is 154 Å². The standard InChI is InChI=1S/C21H26N2O3/c1-13-9-14(12-22)5-8-18(13)19(24)15-10-16-6-7-17(11-15)23(16)20(25)26-21(2,3)4/h5,8-9,15-17H,6-7,10-11H2,1-4H3. The van der Waals surface area contributed by atoms with E-state index < -0.39 is 5.60 Å². The smallest absolute Gasteiger partial charge is 0.410 e. The van der Waals surface area contributed by atoms with Gasteiger partial charge in [0.2, 0.25) is 0 Å². The highest BCUT2D eigenvalue weighted by molar-refractivity contribution is 5.99. The quantitative estimate of drug-likeness (QED) is 0.745. The highest BCUT2D eigenvalue weighted by atomic mass is 16.6. The second-order valence-corrected chi connectivity index (χ2v) is 8.45. The molecule has 0 N–H and O–H groups in total. The Morgan fingerprint density at radius 1 is 1.19 bits per heavy atom. The summed E-state index contributed by atoms with van der Waals surface area (Å²) in [6.45, 7) is 7.49. The van der Waals surface area contributed by atoms with E-state index in [1.165, 1.54) is 0 Å². The van der Waals surface area contributed by atoms with E-state index >= 15 is 0 Å².